The van der Waals surface area contributed by atoms with Crippen molar-refractivity contribution in [3.05, 3.63) is 23.7 Å². The van der Waals surface area contributed by atoms with E-state index in [9.17, 15) is 0 Å². The van der Waals surface area contributed by atoms with E-state index < -0.39 is 0 Å². The van der Waals surface area contributed by atoms with E-state index in [0.29, 0.717) is 6.04 Å². The molecule has 1 aromatic heterocycles. The summed E-state index contributed by atoms with van der Waals surface area (Å²) < 4.78 is 5.39. The topological polar surface area (TPSA) is 25.2 Å². The molecule has 2 rings (SSSR count). The van der Waals surface area contributed by atoms with Gasteiger partial charge in [0.1, 0.15) is 5.76 Å². The van der Waals surface area contributed by atoms with Gasteiger partial charge in [-0.05, 0) is 31.9 Å². The summed E-state index contributed by atoms with van der Waals surface area (Å²) in [6.45, 7) is 5.26. The predicted octanol–water partition coefficient (Wildman–Crippen LogP) is 3.43. The molecule has 1 heterocycles. The minimum absolute atomic E-state index is 0.499. The second kappa shape index (κ2) is 4.84. The van der Waals surface area contributed by atoms with Crippen LogP contribution < -0.4 is 5.32 Å². The standard InChI is InChI=1S/C13H21NO/c1-3-14-13(9-11-5-4-6-11)12-7-8-15-10(12)2/h7-8,11,13-14H,3-6,9H2,1-2H3. The smallest absolute Gasteiger partial charge is 0.105 e. The molecule has 1 aromatic rings. The molecule has 84 valence electrons. The van der Waals surface area contributed by atoms with Crippen LogP contribution in [0.1, 0.15) is 50.0 Å². The summed E-state index contributed by atoms with van der Waals surface area (Å²) in [5.41, 5.74) is 1.35. The Morgan fingerprint density at radius 2 is 2.33 bits per heavy atom. The molecular formula is C13H21NO. The Labute approximate surface area is 92.1 Å². The second-order valence-electron chi connectivity index (χ2n) is 4.58. The molecule has 1 N–H and O–H groups in total. The van der Waals surface area contributed by atoms with Crippen LogP contribution in [-0.4, -0.2) is 6.54 Å². The molecule has 0 amide bonds. The monoisotopic (exact) mass is 207 g/mol. The Morgan fingerprint density at radius 3 is 2.80 bits per heavy atom. The van der Waals surface area contributed by atoms with E-state index >= 15 is 0 Å². The molecule has 15 heavy (non-hydrogen) atoms. The van der Waals surface area contributed by atoms with E-state index in [4.69, 9.17) is 4.42 Å². The van der Waals surface area contributed by atoms with Crippen molar-refractivity contribution < 1.29 is 4.42 Å². The molecule has 0 aliphatic heterocycles. The van der Waals surface area contributed by atoms with Gasteiger partial charge in [-0.3, -0.25) is 0 Å². The van der Waals surface area contributed by atoms with E-state index in [1.165, 1.54) is 31.2 Å². The molecule has 1 fully saturated rings. The molecule has 1 aliphatic carbocycles. The number of aryl methyl sites for hydroxylation is 1. The van der Waals surface area contributed by atoms with E-state index in [1.807, 2.05) is 0 Å². The van der Waals surface area contributed by atoms with Crippen LogP contribution in [0.2, 0.25) is 0 Å². The van der Waals surface area contributed by atoms with Gasteiger partial charge in [0.05, 0.1) is 6.26 Å². The quantitative estimate of drug-likeness (QED) is 0.800. The van der Waals surface area contributed by atoms with E-state index in [1.54, 1.807) is 6.26 Å². The van der Waals surface area contributed by atoms with Gasteiger partial charge < -0.3 is 9.73 Å². The van der Waals surface area contributed by atoms with Crippen LogP contribution >= 0.6 is 0 Å². The van der Waals surface area contributed by atoms with Crippen LogP contribution in [0.3, 0.4) is 0 Å². The predicted molar refractivity (Wildman–Crippen MR) is 61.8 cm³/mol. The summed E-state index contributed by atoms with van der Waals surface area (Å²) >= 11 is 0. The number of nitrogens with one attached hydrogen (secondary N) is 1. The first kappa shape index (κ1) is 10.7. The minimum atomic E-state index is 0.499. The number of hydrogen-bond donors (Lipinski definition) is 1. The Morgan fingerprint density at radius 1 is 1.53 bits per heavy atom. The lowest BCUT2D eigenvalue weighted by Crippen LogP contribution is -2.26. The van der Waals surface area contributed by atoms with Gasteiger partial charge in [0.2, 0.25) is 0 Å². The lowest BCUT2D eigenvalue weighted by atomic mass is 9.79. The number of rotatable bonds is 5. The lowest BCUT2D eigenvalue weighted by Gasteiger charge is -2.30. The summed E-state index contributed by atoms with van der Waals surface area (Å²) in [5, 5.41) is 3.56. The molecule has 0 saturated heterocycles. The maximum absolute atomic E-state index is 5.39. The molecule has 1 unspecified atom stereocenters. The summed E-state index contributed by atoms with van der Waals surface area (Å²) in [6.07, 6.45) is 7.33. The molecule has 1 aliphatic rings. The molecule has 0 spiro atoms. The maximum Gasteiger partial charge on any atom is 0.105 e. The Hall–Kier alpha value is -0.760. The second-order valence-corrected chi connectivity index (χ2v) is 4.58. The van der Waals surface area contributed by atoms with Crippen molar-refractivity contribution in [2.45, 2.75) is 45.6 Å². The summed E-state index contributed by atoms with van der Waals surface area (Å²) in [6, 6.07) is 2.61. The third-order valence-electron chi connectivity index (χ3n) is 3.52. The van der Waals surface area contributed by atoms with Gasteiger partial charge in [0, 0.05) is 11.6 Å². The van der Waals surface area contributed by atoms with Crippen LogP contribution in [0.15, 0.2) is 16.7 Å². The molecule has 0 aromatic carbocycles. The average Bonchev–Trinajstić information content (AvgIpc) is 2.56. The summed E-state index contributed by atoms with van der Waals surface area (Å²) in [7, 11) is 0. The molecular weight excluding hydrogens is 186 g/mol. The minimum Gasteiger partial charge on any atom is -0.469 e. The molecule has 1 atom stereocenters. The number of furan rings is 1. The van der Waals surface area contributed by atoms with Crippen molar-refractivity contribution in [3.8, 4) is 0 Å². The highest BCUT2D eigenvalue weighted by molar-refractivity contribution is 5.20. The zero-order chi connectivity index (χ0) is 10.7. The first-order valence-corrected chi connectivity index (χ1v) is 6.08. The van der Waals surface area contributed by atoms with E-state index in [2.05, 4.69) is 25.2 Å². The van der Waals surface area contributed by atoms with Crippen molar-refractivity contribution in [1.82, 2.24) is 5.32 Å². The van der Waals surface area contributed by atoms with Crippen LogP contribution in [0.5, 0.6) is 0 Å². The van der Waals surface area contributed by atoms with Gasteiger partial charge in [-0.1, -0.05) is 26.2 Å². The maximum atomic E-state index is 5.39. The fourth-order valence-electron chi connectivity index (χ4n) is 2.38. The van der Waals surface area contributed by atoms with Gasteiger partial charge in [0.15, 0.2) is 0 Å². The largest absolute Gasteiger partial charge is 0.469 e. The van der Waals surface area contributed by atoms with Gasteiger partial charge in [-0.2, -0.15) is 0 Å². The summed E-state index contributed by atoms with van der Waals surface area (Å²) in [5.74, 6) is 2.00. The highest BCUT2D eigenvalue weighted by atomic mass is 16.3. The average molecular weight is 207 g/mol. The van der Waals surface area contributed by atoms with Crippen LogP contribution in [-0.2, 0) is 0 Å². The first-order chi connectivity index (χ1) is 7.31. The fourth-order valence-corrected chi connectivity index (χ4v) is 2.38. The van der Waals surface area contributed by atoms with Crippen molar-refractivity contribution in [2.24, 2.45) is 5.92 Å². The Kier molecular flexibility index (Phi) is 3.47. The van der Waals surface area contributed by atoms with Gasteiger partial charge >= 0.3 is 0 Å². The van der Waals surface area contributed by atoms with Crippen LogP contribution in [0.25, 0.3) is 0 Å². The third kappa shape index (κ3) is 2.43. The van der Waals surface area contributed by atoms with Gasteiger partial charge in [-0.15, -0.1) is 0 Å². The third-order valence-corrected chi connectivity index (χ3v) is 3.52. The molecule has 0 radical (unpaired) electrons. The fraction of sp³-hybridized carbons (Fsp3) is 0.692. The van der Waals surface area contributed by atoms with Crippen molar-refractivity contribution in [3.63, 3.8) is 0 Å². The highest BCUT2D eigenvalue weighted by Gasteiger charge is 2.24. The van der Waals surface area contributed by atoms with Gasteiger partial charge in [-0.25, -0.2) is 0 Å². The Balaban J connectivity index is 2.01. The highest BCUT2D eigenvalue weighted by Crippen LogP contribution is 2.35. The molecule has 2 nitrogen and oxygen atoms in total. The molecule has 0 bridgehead atoms. The summed E-state index contributed by atoms with van der Waals surface area (Å²) in [4.78, 5) is 0. The first-order valence-electron chi connectivity index (χ1n) is 6.08. The molecule has 1 saturated carbocycles. The van der Waals surface area contributed by atoms with Crippen LogP contribution in [0.4, 0.5) is 0 Å². The number of hydrogen-bond acceptors (Lipinski definition) is 2. The molecule has 2 heteroatoms. The zero-order valence-corrected chi connectivity index (χ0v) is 9.75. The van der Waals surface area contributed by atoms with Crippen molar-refractivity contribution in [2.75, 3.05) is 6.54 Å². The normalized spacial score (nSPS) is 18.8. The van der Waals surface area contributed by atoms with Crippen molar-refractivity contribution >= 4 is 0 Å². The Bertz CT molecular complexity index is 301. The van der Waals surface area contributed by atoms with Gasteiger partial charge in [0.25, 0.3) is 0 Å². The SMILES string of the molecule is CCNC(CC1CCC1)c1ccoc1C. The van der Waals surface area contributed by atoms with E-state index in [-0.39, 0.29) is 0 Å². The van der Waals surface area contributed by atoms with Crippen LogP contribution in [0, 0.1) is 12.8 Å². The lowest BCUT2D eigenvalue weighted by molar-refractivity contribution is 0.261. The van der Waals surface area contributed by atoms with Crippen molar-refractivity contribution in [1.29, 1.82) is 0 Å². The zero-order valence-electron chi connectivity index (χ0n) is 9.75. The van der Waals surface area contributed by atoms with E-state index in [0.717, 1.165) is 18.2 Å².